The molecule has 1 saturated heterocycles. The first kappa shape index (κ1) is 22.4. The predicted molar refractivity (Wildman–Crippen MR) is 126 cm³/mol. The number of hydrogen-bond acceptors (Lipinski definition) is 7. The zero-order chi connectivity index (χ0) is 23.2. The topological polar surface area (TPSA) is 77.0 Å². The second-order valence-electron chi connectivity index (χ2n) is 7.58. The van der Waals surface area contributed by atoms with Crippen LogP contribution in [0.2, 0.25) is 0 Å². The van der Waals surface area contributed by atoms with Gasteiger partial charge >= 0.3 is 0 Å². The molecule has 0 spiro atoms. The first-order valence-corrected chi connectivity index (χ1v) is 10.9. The van der Waals surface area contributed by atoms with Gasteiger partial charge in [-0.05, 0) is 49.4 Å². The van der Waals surface area contributed by atoms with Crippen molar-refractivity contribution >= 4 is 11.9 Å². The molecule has 8 nitrogen and oxygen atoms in total. The molecular formula is C25H28N4O4. The standard InChI is InChI=1S/C25H28N4O4/c1-4-33-20-7-5-18(6-8-20)23-9-10-26-25(27-23)29-13-11-28(12-14-29)24(30)19-15-21(31-2)17-22(16-19)32-3/h5-10,15-17H,4,11-14H2,1-3H3. The number of benzene rings is 2. The van der Waals surface area contributed by atoms with E-state index in [0.717, 1.165) is 17.0 Å². The first-order chi connectivity index (χ1) is 16.1. The Labute approximate surface area is 193 Å². The molecule has 0 radical (unpaired) electrons. The minimum Gasteiger partial charge on any atom is -0.497 e. The summed E-state index contributed by atoms with van der Waals surface area (Å²) < 4.78 is 16.1. The van der Waals surface area contributed by atoms with Gasteiger partial charge < -0.3 is 24.0 Å². The van der Waals surface area contributed by atoms with Crippen LogP contribution in [0.15, 0.2) is 54.7 Å². The van der Waals surface area contributed by atoms with E-state index in [9.17, 15) is 4.79 Å². The van der Waals surface area contributed by atoms with Crippen molar-refractivity contribution in [3.63, 3.8) is 0 Å². The van der Waals surface area contributed by atoms with Gasteiger partial charge in [-0.3, -0.25) is 4.79 Å². The summed E-state index contributed by atoms with van der Waals surface area (Å²) in [6.45, 7) is 5.06. The molecule has 0 bridgehead atoms. The fraction of sp³-hybridized carbons (Fsp3) is 0.320. The second kappa shape index (κ2) is 10.2. The van der Waals surface area contributed by atoms with E-state index in [0.29, 0.717) is 55.8 Å². The molecule has 1 fully saturated rings. The number of carbonyl (C=O) groups excluding carboxylic acids is 1. The number of rotatable bonds is 7. The van der Waals surface area contributed by atoms with Gasteiger partial charge in [0.1, 0.15) is 17.2 Å². The fourth-order valence-electron chi connectivity index (χ4n) is 3.77. The molecule has 3 aromatic rings. The maximum atomic E-state index is 13.0. The van der Waals surface area contributed by atoms with E-state index in [1.807, 2.05) is 42.2 Å². The number of amides is 1. The normalized spacial score (nSPS) is 13.5. The average Bonchev–Trinajstić information content (AvgIpc) is 2.88. The van der Waals surface area contributed by atoms with Crippen molar-refractivity contribution in [3.8, 4) is 28.5 Å². The third-order valence-electron chi connectivity index (χ3n) is 5.55. The average molecular weight is 449 g/mol. The Bertz CT molecular complexity index is 1070. The maximum absolute atomic E-state index is 13.0. The minimum absolute atomic E-state index is 0.0455. The summed E-state index contributed by atoms with van der Waals surface area (Å²) in [6, 6.07) is 15.0. The minimum atomic E-state index is -0.0455. The van der Waals surface area contributed by atoms with Crippen LogP contribution in [0.4, 0.5) is 5.95 Å². The van der Waals surface area contributed by atoms with Gasteiger partial charge in [0, 0.05) is 49.6 Å². The van der Waals surface area contributed by atoms with Gasteiger partial charge in [-0.15, -0.1) is 0 Å². The lowest BCUT2D eigenvalue weighted by molar-refractivity contribution is 0.0745. The van der Waals surface area contributed by atoms with Crippen LogP contribution >= 0.6 is 0 Å². The number of piperazine rings is 1. The molecule has 0 aliphatic carbocycles. The first-order valence-electron chi connectivity index (χ1n) is 10.9. The predicted octanol–water partition coefficient (Wildman–Crippen LogP) is 3.52. The summed E-state index contributed by atoms with van der Waals surface area (Å²) in [5.41, 5.74) is 2.40. The van der Waals surface area contributed by atoms with Crippen molar-refractivity contribution in [2.75, 3.05) is 51.9 Å². The van der Waals surface area contributed by atoms with Gasteiger partial charge in [-0.1, -0.05) is 0 Å². The van der Waals surface area contributed by atoms with E-state index in [-0.39, 0.29) is 5.91 Å². The molecular weight excluding hydrogens is 420 g/mol. The van der Waals surface area contributed by atoms with Crippen LogP contribution in [0.25, 0.3) is 11.3 Å². The lowest BCUT2D eigenvalue weighted by atomic mass is 10.1. The summed E-state index contributed by atoms with van der Waals surface area (Å²) in [6.07, 6.45) is 1.77. The van der Waals surface area contributed by atoms with Gasteiger partial charge in [0.2, 0.25) is 5.95 Å². The van der Waals surface area contributed by atoms with E-state index < -0.39 is 0 Å². The van der Waals surface area contributed by atoms with E-state index in [1.54, 1.807) is 38.6 Å². The van der Waals surface area contributed by atoms with E-state index in [1.165, 1.54) is 0 Å². The highest BCUT2D eigenvalue weighted by Crippen LogP contribution is 2.25. The lowest BCUT2D eigenvalue weighted by Crippen LogP contribution is -2.49. The van der Waals surface area contributed by atoms with Crippen LogP contribution < -0.4 is 19.1 Å². The summed E-state index contributed by atoms with van der Waals surface area (Å²) in [4.78, 5) is 26.2. The monoisotopic (exact) mass is 448 g/mol. The Hall–Kier alpha value is -3.81. The van der Waals surface area contributed by atoms with Crippen molar-refractivity contribution < 1.29 is 19.0 Å². The Morgan fingerprint density at radius 2 is 1.58 bits per heavy atom. The van der Waals surface area contributed by atoms with Crippen molar-refractivity contribution in [2.24, 2.45) is 0 Å². The molecule has 33 heavy (non-hydrogen) atoms. The molecule has 4 rings (SSSR count). The molecule has 0 unspecified atom stereocenters. The van der Waals surface area contributed by atoms with E-state index in [2.05, 4.69) is 9.88 Å². The van der Waals surface area contributed by atoms with E-state index >= 15 is 0 Å². The molecule has 0 saturated carbocycles. The van der Waals surface area contributed by atoms with Gasteiger partial charge in [-0.2, -0.15) is 0 Å². The Morgan fingerprint density at radius 3 is 2.18 bits per heavy atom. The number of aromatic nitrogens is 2. The Morgan fingerprint density at radius 1 is 0.909 bits per heavy atom. The van der Waals surface area contributed by atoms with Gasteiger partial charge in [-0.25, -0.2) is 9.97 Å². The zero-order valence-corrected chi connectivity index (χ0v) is 19.2. The quantitative estimate of drug-likeness (QED) is 0.547. The molecule has 1 aliphatic heterocycles. The maximum Gasteiger partial charge on any atom is 0.254 e. The number of anilines is 1. The molecule has 0 atom stereocenters. The van der Waals surface area contributed by atoms with Crippen molar-refractivity contribution in [1.82, 2.24) is 14.9 Å². The van der Waals surface area contributed by atoms with Gasteiger partial charge in [0.05, 0.1) is 26.5 Å². The van der Waals surface area contributed by atoms with Crippen molar-refractivity contribution in [1.29, 1.82) is 0 Å². The molecule has 1 aliphatic rings. The van der Waals surface area contributed by atoms with Crippen LogP contribution in [0.1, 0.15) is 17.3 Å². The molecule has 0 N–H and O–H groups in total. The largest absolute Gasteiger partial charge is 0.497 e. The van der Waals surface area contributed by atoms with Crippen molar-refractivity contribution in [2.45, 2.75) is 6.92 Å². The van der Waals surface area contributed by atoms with Gasteiger partial charge in [0.25, 0.3) is 5.91 Å². The summed E-state index contributed by atoms with van der Waals surface area (Å²) >= 11 is 0. The summed E-state index contributed by atoms with van der Waals surface area (Å²) in [5, 5.41) is 0. The van der Waals surface area contributed by atoms with Crippen LogP contribution in [0, 0.1) is 0 Å². The van der Waals surface area contributed by atoms with E-state index in [4.69, 9.17) is 19.2 Å². The van der Waals surface area contributed by atoms with Crippen LogP contribution in [0.3, 0.4) is 0 Å². The SMILES string of the molecule is CCOc1ccc(-c2ccnc(N3CCN(C(=O)c4cc(OC)cc(OC)c4)CC3)n2)cc1. The van der Waals surface area contributed by atoms with Crippen molar-refractivity contribution in [3.05, 3.63) is 60.3 Å². The van der Waals surface area contributed by atoms with Crippen LogP contribution in [-0.4, -0.2) is 67.8 Å². The van der Waals surface area contributed by atoms with Crippen LogP contribution in [0.5, 0.6) is 17.2 Å². The number of methoxy groups -OCH3 is 2. The summed E-state index contributed by atoms with van der Waals surface area (Å²) in [5.74, 6) is 2.64. The van der Waals surface area contributed by atoms with Crippen LogP contribution in [-0.2, 0) is 0 Å². The lowest BCUT2D eigenvalue weighted by Gasteiger charge is -2.35. The highest BCUT2D eigenvalue weighted by Gasteiger charge is 2.24. The number of nitrogens with zero attached hydrogens (tertiary/aromatic N) is 4. The second-order valence-corrected chi connectivity index (χ2v) is 7.58. The molecule has 1 amide bonds. The highest BCUT2D eigenvalue weighted by atomic mass is 16.5. The highest BCUT2D eigenvalue weighted by molar-refractivity contribution is 5.95. The number of hydrogen-bond donors (Lipinski definition) is 0. The third-order valence-corrected chi connectivity index (χ3v) is 5.55. The zero-order valence-electron chi connectivity index (χ0n) is 19.2. The Balaban J connectivity index is 1.43. The molecule has 8 heteroatoms. The molecule has 1 aromatic heterocycles. The fourth-order valence-corrected chi connectivity index (χ4v) is 3.77. The molecule has 2 heterocycles. The summed E-state index contributed by atoms with van der Waals surface area (Å²) in [7, 11) is 3.15. The smallest absolute Gasteiger partial charge is 0.254 e. The Kier molecular flexibility index (Phi) is 6.92. The van der Waals surface area contributed by atoms with Gasteiger partial charge in [0.15, 0.2) is 0 Å². The molecule has 172 valence electrons. The third kappa shape index (κ3) is 5.16. The number of carbonyl (C=O) groups is 1. The number of ether oxygens (including phenoxy) is 3. The molecule has 2 aromatic carbocycles.